The molecule has 5 heteroatoms. The Kier molecular flexibility index (Phi) is 2.77. The first-order valence-electron chi connectivity index (χ1n) is 5.35. The molecule has 0 aliphatic carbocycles. The summed E-state index contributed by atoms with van der Waals surface area (Å²) >= 11 is 0. The van der Waals surface area contributed by atoms with Gasteiger partial charge in [0.25, 0.3) is 0 Å². The van der Waals surface area contributed by atoms with Crippen LogP contribution in [0.3, 0.4) is 0 Å². The number of hydrogen-bond donors (Lipinski definition) is 3. The highest BCUT2D eigenvalue weighted by Crippen LogP contribution is 2.30. The average Bonchev–Trinajstić information content (AvgIpc) is 2.67. The number of aryl methyl sites for hydroxylation is 1. The molecule has 0 radical (unpaired) electrons. The van der Waals surface area contributed by atoms with Crippen LogP contribution in [0, 0.1) is 0 Å². The van der Waals surface area contributed by atoms with Crippen molar-refractivity contribution in [1.29, 1.82) is 0 Å². The molecule has 2 aromatic rings. The summed E-state index contributed by atoms with van der Waals surface area (Å²) < 4.78 is 1.73. The fraction of sp³-hybridized carbons (Fsp3) is 0.250. The summed E-state index contributed by atoms with van der Waals surface area (Å²) in [4.78, 5) is 10.9. The van der Waals surface area contributed by atoms with E-state index in [9.17, 15) is 9.90 Å². The predicted octanol–water partition coefficient (Wildman–Crippen LogP) is 1.45. The molecular formula is C12H14N2O3. The molecule has 1 aromatic heterocycles. The van der Waals surface area contributed by atoms with Gasteiger partial charge in [-0.25, -0.2) is 0 Å². The number of phenolic OH excluding ortho intramolecular Hbond substituents is 1. The number of carboxylic acids is 1. The third-order valence-corrected chi connectivity index (χ3v) is 2.83. The van der Waals surface area contributed by atoms with Crippen molar-refractivity contribution in [1.82, 2.24) is 4.57 Å². The van der Waals surface area contributed by atoms with Gasteiger partial charge in [0.05, 0.1) is 5.52 Å². The molecule has 2 rings (SSSR count). The number of hydrogen-bond acceptors (Lipinski definition) is 3. The Morgan fingerprint density at radius 2 is 2.24 bits per heavy atom. The standard InChI is InChI=1S/C12H14N2O3/c1-2-14-8(10(13)12(16)17)6-7-4-3-5-9(15)11(7)14/h3-6,10,15H,2,13H2,1H3,(H,16,17). The molecule has 0 spiro atoms. The number of fused-ring (bicyclic) bond motifs is 1. The van der Waals surface area contributed by atoms with Crippen LogP contribution in [0.5, 0.6) is 5.75 Å². The van der Waals surface area contributed by atoms with Crippen molar-refractivity contribution in [3.63, 3.8) is 0 Å². The summed E-state index contributed by atoms with van der Waals surface area (Å²) in [5.74, 6) is -0.949. The molecule has 0 saturated heterocycles. The number of nitrogens with two attached hydrogens (primary N) is 1. The molecule has 0 saturated carbocycles. The summed E-state index contributed by atoms with van der Waals surface area (Å²) in [5.41, 5.74) is 6.75. The number of aromatic nitrogens is 1. The molecule has 0 fully saturated rings. The first kappa shape index (κ1) is 11.5. The van der Waals surface area contributed by atoms with Gasteiger partial charge in [0, 0.05) is 17.6 Å². The van der Waals surface area contributed by atoms with Crippen molar-refractivity contribution in [3.8, 4) is 5.75 Å². The number of benzene rings is 1. The zero-order chi connectivity index (χ0) is 12.6. The van der Waals surface area contributed by atoms with E-state index in [-0.39, 0.29) is 5.75 Å². The van der Waals surface area contributed by atoms with E-state index in [0.717, 1.165) is 5.39 Å². The highest BCUT2D eigenvalue weighted by molar-refractivity contribution is 5.88. The maximum atomic E-state index is 10.9. The van der Waals surface area contributed by atoms with E-state index in [1.165, 1.54) is 0 Å². The smallest absolute Gasteiger partial charge is 0.326 e. The van der Waals surface area contributed by atoms with Gasteiger partial charge in [-0.3, -0.25) is 4.79 Å². The molecule has 0 aliphatic heterocycles. The van der Waals surface area contributed by atoms with Gasteiger partial charge in [0.2, 0.25) is 0 Å². The van der Waals surface area contributed by atoms with Crippen LogP contribution in [-0.2, 0) is 11.3 Å². The highest BCUT2D eigenvalue weighted by Gasteiger charge is 2.21. The number of carboxylic acid groups (broad SMARTS) is 1. The normalized spacial score (nSPS) is 12.8. The molecule has 0 aliphatic rings. The van der Waals surface area contributed by atoms with Gasteiger partial charge in [-0.05, 0) is 19.1 Å². The fourth-order valence-electron chi connectivity index (χ4n) is 2.05. The lowest BCUT2D eigenvalue weighted by atomic mass is 10.2. The lowest BCUT2D eigenvalue weighted by Gasteiger charge is -2.11. The van der Waals surface area contributed by atoms with E-state index in [0.29, 0.717) is 17.8 Å². The fourth-order valence-corrected chi connectivity index (χ4v) is 2.05. The second-order valence-electron chi connectivity index (χ2n) is 3.84. The third kappa shape index (κ3) is 1.74. The van der Waals surface area contributed by atoms with Crippen LogP contribution in [-0.4, -0.2) is 20.7 Å². The number of nitrogens with zero attached hydrogens (tertiary/aromatic N) is 1. The van der Waals surface area contributed by atoms with E-state index < -0.39 is 12.0 Å². The van der Waals surface area contributed by atoms with Crippen LogP contribution in [0.2, 0.25) is 0 Å². The van der Waals surface area contributed by atoms with Gasteiger partial charge < -0.3 is 20.5 Å². The zero-order valence-electron chi connectivity index (χ0n) is 9.42. The summed E-state index contributed by atoms with van der Waals surface area (Å²) in [7, 11) is 0. The number of carbonyl (C=O) groups is 1. The summed E-state index contributed by atoms with van der Waals surface area (Å²) in [5, 5.41) is 19.5. The van der Waals surface area contributed by atoms with Crippen LogP contribution >= 0.6 is 0 Å². The van der Waals surface area contributed by atoms with E-state index in [4.69, 9.17) is 10.8 Å². The minimum absolute atomic E-state index is 0.133. The molecule has 1 heterocycles. The van der Waals surface area contributed by atoms with E-state index in [2.05, 4.69) is 0 Å². The Bertz CT molecular complexity index is 574. The summed E-state index contributed by atoms with van der Waals surface area (Å²) in [6.07, 6.45) is 0. The maximum Gasteiger partial charge on any atom is 0.326 e. The molecule has 5 nitrogen and oxygen atoms in total. The Hall–Kier alpha value is -2.01. The summed E-state index contributed by atoms with van der Waals surface area (Å²) in [6, 6.07) is 5.73. The molecule has 1 aromatic carbocycles. The van der Waals surface area contributed by atoms with Crippen LogP contribution in [0.1, 0.15) is 18.7 Å². The topological polar surface area (TPSA) is 88.5 Å². The van der Waals surface area contributed by atoms with Crippen molar-refractivity contribution in [3.05, 3.63) is 30.0 Å². The lowest BCUT2D eigenvalue weighted by molar-refractivity contribution is -0.138. The van der Waals surface area contributed by atoms with Crippen LogP contribution in [0.15, 0.2) is 24.3 Å². The average molecular weight is 234 g/mol. The molecule has 1 unspecified atom stereocenters. The van der Waals surface area contributed by atoms with Gasteiger partial charge in [0.1, 0.15) is 11.8 Å². The molecule has 1 atom stereocenters. The van der Waals surface area contributed by atoms with E-state index in [1.54, 1.807) is 22.8 Å². The van der Waals surface area contributed by atoms with Crippen LogP contribution < -0.4 is 5.73 Å². The first-order chi connectivity index (χ1) is 8.06. The Morgan fingerprint density at radius 3 is 2.82 bits per heavy atom. The highest BCUT2D eigenvalue weighted by atomic mass is 16.4. The van der Waals surface area contributed by atoms with Gasteiger partial charge in [-0.15, -0.1) is 0 Å². The largest absolute Gasteiger partial charge is 0.506 e. The van der Waals surface area contributed by atoms with E-state index >= 15 is 0 Å². The number of aromatic hydroxyl groups is 1. The second kappa shape index (κ2) is 4.10. The lowest BCUT2D eigenvalue weighted by Crippen LogP contribution is -2.23. The van der Waals surface area contributed by atoms with Gasteiger partial charge in [0.15, 0.2) is 0 Å². The number of rotatable bonds is 3. The molecular weight excluding hydrogens is 220 g/mol. The predicted molar refractivity (Wildman–Crippen MR) is 63.8 cm³/mol. The van der Waals surface area contributed by atoms with Gasteiger partial charge in [-0.1, -0.05) is 12.1 Å². The summed E-state index contributed by atoms with van der Waals surface area (Å²) in [6.45, 7) is 2.43. The number of para-hydroxylation sites is 1. The Balaban J connectivity index is 2.73. The number of aliphatic carboxylic acids is 1. The van der Waals surface area contributed by atoms with Crippen molar-refractivity contribution < 1.29 is 15.0 Å². The molecule has 90 valence electrons. The third-order valence-electron chi connectivity index (χ3n) is 2.83. The van der Waals surface area contributed by atoms with Crippen molar-refractivity contribution in [2.24, 2.45) is 5.73 Å². The maximum absolute atomic E-state index is 10.9. The molecule has 17 heavy (non-hydrogen) atoms. The Labute approximate surface area is 98.1 Å². The monoisotopic (exact) mass is 234 g/mol. The molecule has 4 N–H and O–H groups in total. The molecule has 0 bridgehead atoms. The first-order valence-corrected chi connectivity index (χ1v) is 5.35. The quantitative estimate of drug-likeness (QED) is 0.750. The van der Waals surface area contributed by atoms with Crippen molar-refractivity contribution in [2.75, 3.05) is 0 Å². The second-order valence-corrected chi connectivity index (χ2v) is 3.84. The van der Waals surface area contributed by atoms with Crippen LogP contribution in [0.4, 0.5) is 0 Å². The zero-order valence-corrected chi connectivity index (χ0v) is 9.42. The van der Waals surface area contributed by atoms with Crippen molar-refractivity contribution in [2.45, 2.75) is 19.5 Å². The van der Waals surface area contributed by atoms with Crippen LogP contribution in [0.25, 0.3) is 10.9 Å². The number of phenols is 1. The van der Waals surface area contributed by atoms with Crippen molar-refractivity contribution >= 4 is 16.9 Å². The van der Waals surface area contributed by atoms with E-state index in [1.807, 2.05) is 13.0 Å². The van der Waals surface area contributed by atoms with Gasteiger partial charge in [-0.2, -0.15) is 0 Å². The minimum atomic E-state index is -1.08. The SMILES string of the molecule is CCn1c(C(N)C(=O)O)cc2cccc(O)c21. The Morgan fingerprint density at radius 1 is 1.53 bits per heavy atom. The minimum Gasteiger partial charge on any atom is -0.506 e. The molecule has 0 amide bonds. The van der Waals surface area contributed by atoms with Gasteiger partial charge >= 0.3 is 5.97 Å².